The largest absolute Gasteiger partial charge is 0.404 e. The summed E-state index contributed by atoms with van der Waals surface area (Å²) < 4.78 is 64.0. The molecule has 0 aliphatic carbocycles. The highest BCUT2D eigenvalue weighted by Crippen LogP contribution is 2.38. The van der Waals surface area contributed by atoms with Crippen LogP contribution in [0.25, 0.3) is 0 Å². The SMILES string of the molecule is CCC(CC)N1c2cc(NS(=O)(=O)CC(F)(F)F)c(I)cc2CCC1C. The predicted octanol–water partition coefficient (Wildman–Crippen LogP) is 4.92. The van der Waals surface area contributed by atoms with Gasteiger partial charge in [-0.1, -0.05) is 13.8 Å². The lowest BCUT2D eigenvalue weighted by molar-refractivity contribution is -0.106. The van der Waals surface area contributed by atoms with Crippen molar-refractivity contribution >= 4 is 44.0 Å². The Kier molecular flexibility index (Phi) is 6.74. The fraction of sp³-hybridized carbons (Fsp3) is 0.647. The second-order valence-corrected chi connectivity index (χ2v) is 9.59. The number of benzene rings is 1. The van der Waals surface area contributed by atoms with E-state index in [-0.39, 0.29) is 5.69 Å². The molecule has 0 saturated carbocycles. The van der Waals surface area contributed by atoms with Gasteiger partial charge in [0.15, 0.2) is 5.75 Å². The van der Waals surface area contributed by atoms with Crippen LogP contribution in [-0.2, 0) is 16.4 Å². The van der Waals surface area contributed by atoms with E-state index < -0.39 is 22.0 Å². The molecule has 0 radical (unpaired) electrons. The third kappa shape index (κ3) is 5.17. The van der Waals surface area contributed by atoms with E-state index in [9.17, 15) is 21.6 Å². The van der Waals surface area contributed by atoms with Gasteiger partial charge in [0.2, 0.25) is 10.0 Å². The third-order valence-corrected chi connectivity index (χ3v) is 6.84. The molecule has 1 heterocycles. The molecule has 0 bridgehead atoms. The molecule has 1 aromatic rings. The highest BCUT2D eigenvalue weighted by molar-refractivity contribution is 14.1. The lowest BCUT2D eigenvalue weighted by Gasteiger charge is -2.42. The maximum absolute atomic E-state index is 12.5. The zero-order chi connectivity index (χ0) is 19.7. The van der Waals surface area contributed by atoms with E-state index in [1.165, 1.54) is 0 Å². The molecule has 1 aliphatic rings. The summed E-state index contributed by atoms with van der Waals surface area (Å²) in [5.74, 6) is -1.89. The number of hydrogen-bond donors (Lipinski definition) is 1. The second kappa shape index (κ2) is 8.12. The van der Waals surface area contributed by atoms with Gasteiger partial charge in [0.1, 0.15) is 0 Å². The van der Waals surface area contributed by atoms with Crippen LogP contribution in [0.5, 0.6) is 0 Å². The maximum atomic E-state index is 12.5. The number of anilines is 2. The summed E-state index contributed by atoms with van der Waals surface area (Å²) in [5.41, 5.74) is 2.24. The van der Waals surface area contributed by atoms with Gasteiger partial charge in [-0.3, -0.25) is 4.72 Å². The molecule has 148 valence electrons. The Bertz CT molecular complexity index is 749. The number of sulfonamides is 1. The molecule has 1 aliphatic heterocycles. The van der Waals surface area contributed by atoms with E-state index in [0.29, 0.717) is 15.7 Å². The smallest absolute Gasteiger partial charge is 0.366 e. The minimum absolute atomic E-state index is 0.207. The normalized spacial score (nSPS) is 18.2. The van der Waals surface area contributed by atoms with Crippen LogP contribution >= 0.6 is 22.6 Å². The van der Waals surface area contributed by atoms with Crippen LogP contribution in [-0.4, -0.2) is 32.4 Å². The number of halogens is 4. The summed E-state index contributed by atoms with van der Waals surface area (Å²) in [6, 6.07) is 4.18. The van der Waals surface area contributed by atoms with Crippen molar-refractivity contribution in [3.05, 3.63) is 21.3 Å². The van der Waals surface area contributed by atoms with Crippen molar-refractivity contribution in [1.82, 2.24) is 0 Å². The van der Waals surface area contributed by atoms with Crippen molar-refractivity contribution in [2.24, 2.45) is 0 Å². The Morgan fingerprint density at radius 1 is 1.31 bits per heavy atom. The Morgan fingerprint density at radius 2 is 1.92 bits per heavy atom. The van der Waals surface area contributed by atoms with Crippen LogP contribution in [0.2, 0.25) is 0 Å². The fourth-order valence-electron chi connectivity index (χ4n) is 3.52. The van der Waals surface area contributed by atoms with Crippen molar-refractivity contribution in [3.8, 4) is 0 Å². The summed E-state index contributed by atoms with van der Waals surface area (Å²) in [6.07, 6.45) is -1.01. The van der Waals surface area contributed by atoms with Crippen LogP contribution in [0.4, 0.5) is 24.5 Å². The van der Waals surface area contributed by atoms with Gasteiger partial charge in [0.25, 0.3) is 0 Å². The van der Waals surface area contributed by atoms with Gasteiger partial charge < -0.3 is 4.90 Å². The zero-order valence-corrected chi connectivity index (χ0v) is 18.0. The Morgan fingerprint density at radius 3 is 2.46 bits per heavy atom. The second-order valence-electron chi connectivity index (χ2n) is 6.70. The number of hydrogen-bond acceptors (Lipinski definition) is 3. The van der Waals surface area contributed by atoms with Crippen molar-refractivity contribution in [2.45, 2.75) is 64.7 Å². The molecular weight excluding hydrogens is 480 g/mol. The van der Waals surface area contributed by atoms with Gasteiger partial charge in [-0.25, -0.2) is 8.42 Å². The van der Waals surface area contributed by atoms with Crippen molar-refractivity contribution < 1.29 is 21.6 Å². The molecule has 0 amide bonds. The number of aryl methyl sites for hydroxylation is 1. The van der Waals surface area contributed by atoms with E-state index in [2.05, 4.69) is 30.4 Å². The standard InChI is InChI=1S/C17H24F3IN2O2S/c1-4-13(5-2)23-11(3)6-7-12-8-14(21)15(9-16(12)23)22-26(24,25)10-17(18,19)20/h8-9,11,13,22H,4-7,10H2,1-3H3. The molecule has 4 nitrogen and oxygen atoms in total. The van der Waals surface area contributed by atoms with E-state index in [4.69, 9.17) is 0 Å². The molecule has 9 heteroatoms. The van der Waals surface area contributed by atoms with Crippen molar-refractivity contribution in [2.75, 3.05) is 15.4 Å². The minimum atomic E-state index is -4.78. The number of rotatable bonds is 6. The van der Waals surface area contributed by atoms with Crippen LogP contribution in [0.15, 0.2) is 12.1 Å². The predicted molar refractivity (Wildman–Crippen MR) is 107 cm³/mol. The highest BCUT2D eigenvalue weighted by atomic mass is 127. The molecular formula is C17H24F3IN2O2S. The first-order valence-electron chi connectivity index (χ1n) is 8.65. The van der Waals surface area contributed by atoms with E-state index in [1.54, 1.807) is 6.07 Å². The molecule has 2 rings (SSSR count). The van der Waals surface area contributed by atoms with E-state index in [0.717, 1.165) is 36.9 Å². The Labute approximate surface area is 166 Å². The van der Waals surface area contributed by atoms with Crippen LogP contribution < -0.4 is 9.62 Å². The highest BCUT2D eigenvalue weighted by Gasteiger charge is 2.36. The van der Waals surface area contributed by atoms with Crippen molar-refractivity contribution in [1.29, 1.82) is 0 Å². The van der Waals surface area contributed by atoms with Crippen molar-refractivity contribution in [3.63, 3.8) is 0 Å². The first-order valence-corrected chi connectivity index (χ1v) is 11.4. The molecule has 26 heavy (non-hydrogen) atoms. The lowest BCUT2D eigenvalue weighted by atomic mass is 9.93. The van der Waals surface area contributed by atoms with E-state index >= 15 is 0 Å². The summed E-state index contributed by atoms with van der Waals surface area (Å²) in [6.45, 7) is 6.34. The lowest BCUT2D eigenvalue weighted by Crippen LogP contribution is -2.44. The third-order valence-electron chi connectivity index (χ3n) is 4.71. The van der Waals surface area contributed by atoms with Gasteiger partial charge in [-0.05, 0) is 72.9 Å². The van der Waals surface area contributed by atoms with Gasteiger partial charge in [0, 0.05) is 21.3 Å². The van der Waals surface area contributed by atoms with Crippen LogP contribution in [0.1, 0.15) is 45.6 Å². The molecule has 1 atom stereocenters. The zero-order valence-electron chi connectivity index (χ0n) is 15.0. The van der Waals surface area contributed by atoms with Gasteiger partial charge in [0.05, 0.1) is 5.69 Å². The minimum Gasteiger partial charge on any atom is -0.366 e. The quantitative estimate of drug-likeness (QED) is 0.560. The van der Waals surface area contributed by atoms with Gasteiger partial charge in [-0.2, -0.15) is 13.2 Å². The summed E-state index contributed by atoms with van der Waals surface area (Å²) in [5, 5.41) is 0. The fourth-order valence-corrected chi connectivity index (χ4v) is 5.38. The molecule has 0 spiro atoms. The average molecular weight is 504 g/mol. The average Bonchev–Trinajstić information content (AvgIpc) is 2.49. The van der Waals surface area contributed by atoms with Gasteiger partial charge >= 0.3 is 6.18 Å². The number of fused-ring (bicyclic) bond motifs is 1. The summed E-state index contributed by atoms with van der Waals surface area (Å²) in [7, 11) is -4.50. The molecule has 0 saturated heterocycles. The number of nitrogens with zero attached hydrogens (tertiary/aromatic N) is 1. The summed E-state index contributed by atoms with van der Waals surface area (Å²) in [4.78, 5) is 2.29. The Balaban J connectivity index is 2.43. The van der Waals surface area contributed by atoms with Crippen LogP contribution in [0.3, 0.4) is 0 Å². The van der Waals surface area contributed by atoms with E-state index in [1.807, 2.05) is 28.7 Å². The molecule has 0 aromatic heterocycles. The monoisotopic (exact) mass is 504 g/mol. The van der Waals surface area contributed by atoms with Gasteiger partial charge in [-0.15, -0.1) is 0 Å². The molecule has 1 unspecified atom stereocenters. The molecule has 1 aromatic carbocycles. The maximum Gasteiger partial charge on any atom is 0.404 e. The number of alkyl halides is 3. The Hall–Kier alpha value is -0.710. The van der Waals surface area contributed by atoms with Crippen LogP contribution in [0, 0.1) is 3.57 Å². The first-order chi connectivity index (χ1) is 12.0. The topological polar surface area (TPSA) is 49.4 Å². The molecule has 0 fully saturated rings. The number of nitrogens with one attached hydrogen (secondary N) is 1. The summed E-state index contributed by atoms with van der Waals surface area (Å²) >= 11 is 1.97. The molecule has 1 N–H and O–H groups in total. The first kappa shape index (κ1) is 21.6.